The lowest BCUT2D eigenvalue weighted by Crippen LogP contribution is -2.57. The Balaban J connectivity index is 0.621. The number of thiazole rings is 1. The van der Waals surface area contributed by atoms with Crippen LogP contribution in [0.3, 0.4) is 0 Å². The molecule has 2 aliphatic heterocycles. The van der Waals surface area contributed by atoms with Gasteiger partial charge in [-0.1, -0.05) is 74.8 Å². The summed E-state index contributed by atoms with van der Waals surface area (Å²) in [6.45, 7) is 12.6. The van der Waals surface area contributed by atoms with Crippen molar-refractivity contribution in [3.05, 3.63) is 101 Å². The van der Waals surface area contributed by atoms with Gasteiger partial charge in [-0.2, -0.15) is 0 Å². The number of hydrogen-bond acceptors (Lipinski definition) is 17. The van der Waals surface area contributed by atoms with Gasteiger partial charge in [-0.25, -0.2) is 15.0 Å². The summed E-state index contributed by atoms with van der Waals surface area (Å²) in [7, 11) is 3.50. The van der Waals surface area contributed by atoms with Crippen LogP contribution in [0.2, 0.25) is 5.02 Å². The molecule has 0 spiro atoms. The molecule has 21 nitrogen and oxygen atoms in total. The maximum absolute atomic E-state index is 14.0. The molecule has 1 unspecified atom stereocenters. The number of fused-ring (bicyclic) bond motifs is 1. The molecule has 4 amide bonds. The minimum absolute atomic E-state index is 0.00987. The minimum atomic E-state index is -0.936. The van der Waals surface area contributed by atoms with Crippen LogP contribution in [-0.2, 0) is 49.4 Å². The standard InChI is InChI=1S/C61H79ClN10O11S/c1-40-56(84-39-66-40)42-13-11-41(12-14-42)35-64-58(76)51-34-45(73)38-72(51)59(77)57(61(2,3)4)68-53(74)19-23-79-25-27-81-29-31-83-32-30-82-28-26-80-24-20-54(75)70(5)43-17-21-71(22-18-43)44-15-16-50(52(33-44)78-6)67-60-65-37-48(62)55(69-60)47-36-63-49-10-8-7-9-46(47)49/h7-16,33,36-37,39,43,45,51,57,63,73H,17-32,34-35,38H2,1-6H3,(H,64,76)(H,68,74)(H,65,67,69)/t45-,51+,57?/m1/s1. The van der Waals surface area contributed by atoms with E-state index in [1.54, 1.807) is 24.6 Å². The summed E-state index contributed by atoms with van der Waals surface area (Å²) in [5, 5.41) is 21.1. The van der Waals surface area contributed by atoms with Gasteiger partial charge in [0.1, 0.15) is 17.8 Å². The highest BCUT2D eigenvalue weighted by molar-refractivity contribution is 7.13. The number of nitrogens with zero attached hydrogens (tertiary/aromatic N) is 6. The third-order valence-corrected chi connectivity index (χ3v) is 16.2. The van der Waals surface area contributed by atoms with Crippen LogP contribution in [0.5, 0.6) is 5.75 Å². The van der Waals surface area contributed by atoms with Crippen molar-refractivity contribution in [1.82, 2.24) is 40.4 Å². The zero-order valence-corrected chi connectivity index (χ0v) is 50.4. The lowest BCUT2D eigenvalue weighted by molar-refractivity contribution is -0.144. The van der Waals surface area contributed by atoms with Crippen LogP contribution >= 0.6 is 22.9 Å². The second-order valence-electron chi connectivity index (χ2n) is 21.9. The highest BCUT2D eigenvalue weighted by Crippen LogP contribution is 2.36. The number of likely N-dealkylation sites (tertiary alicyclic amines) is 1. The molecule has 2 fully saturated rings. The quantitative estimate of drug-likeness (QED) is 0.0273. The number of benzene rings is 3. The van der Waals surface area contributed by atoms with E-state index in [0.717, 1.165) is 75.5 Å². The van der Waals surface area contributed by atoms with E-state index in [1.165, 1.54) is 4.90 Å². The fourth-order valence-corrected chi connectivity index (χ4v) is 11.2. The molecule has 2 saturated heterocycles. The Kier molecular flexibility index (Phi) is 23.3. The molecular weight excluding hydrogens is 1120 g/mol. The van der Waals surface area contributed by atoms with E-state index in [0.29, 0.717) is 75.3 Å². The van der Waals surface area contributed by atoms with Crippen LogP contribution in [0.25, 0.3) is 32.6 Å². The second-order valence-corrected chi connectivity index (χ2v) is 23.1. The Bertz CT molecular complexity index is 3110. The van der Waals surface area contributed by atoms with Gasteiger partial charge in [-0.15, -0.1) is 11.3 Å². The molecule has 3 aromatic heterocycles. The number of carbonyl (C=O) groups excluding carboxylic acids is 4. The summed E-state index contributed by atoms with van der Waals surface area (Å²) in [5.41, 5.74) is 8.29. The molecule has 0 aliphatic carbocycles. The maximum Gasteiger partial charge on any atom is 0.246 e. The zero-order chi connectivity index (χ0) is 59.6. The van der Waals surface area contributed by atoms with Crippen LogP contribution in [0.1, 0.15) is 64.1 Å². The summed E-state index contributed by atoms with van der Waals surface area (Å²) in [4.78, 5) is 77.0. The number of piperidine rings is 1. The molecule has 3 aromatic carbocycles. The zero-order valence-electron chi connectivity index (χ0n) is 48.8. The van der Waals surface area contributed by atoms with Gasteiger partial charge in [0.25, 0.3) is 0 Å². The average molecular weight is 1200 g/mol. The molecule has 0 saturated carbocycles. The molecule has 5 N–H and O–H groups in total. The number of halogens is 1. The highest BCUT2D eigenvalue weighted by atomic mass is 35.5. The van der Waals surface area contributed by atoms with E-state index in [-0.39, 0.29) is 69.3 Å². The number of rotatable bonds is 30. The topological polar surface area (TPSA) is 244 Å². The molecule has 452 valence electrons. The van der Waals surface area contributed by atoms with Crippen LogP contribution in [0, 0.1) is 12.3 Å². The van der Waals surface area contributed by atoms with Crippen molar-refractivity contribution in [3.8, 4) is 27.4 Å². The van der Waals surface area contributed by atoms with Crippen molar-refractivity contribution < 1.29 is 52.7 Å². The fraction of sp³-hybridized carbons (Fsp3) is 0.492. The van der Waals surface area contributed by atoms with Crippen molar-refractivity contribution >= 4 is 74.8 Å². The molecule has 0 radical (unpaired) electrons. The number of nitrogens with one attached hydrogen (secondary N) is 4. The molecule has 84 heavy (non-hydrogen) atoms. The van der Waals surface area contributed by atoms with E-state index in [4.69, 9.17) is 45.0 Å². The molecule has 0 bridgehead atoms. The highest BCUT2D eigenvalue weighted by Gasteiger charge is 2.44. The molecule has 2 aliphatic rings. The van der Waals surface area contributed by atoms with E-state index in [9.17, 15) is 24.3 Å². The number of ether oxygens (including phenoxy) is 6. The van der Waals surface area contributed by atoms with Gasteiger partial charge in [-0.3, -0.25) is 19.2 Å². The van der Waals surface area contributed by atoms with E-state index < -0.39 is 29.5 Å². The molecule has 3 atom stereocenters. The van der Waals surface area contributed by atoms with Gasteiger partial charge in [-0.05, 0) is 54.5 Å². The normalized spacial score (nSPS) is 16.0. The van der Waals surface area contributed by atoms with E-state index >= 15 is 0 Å². The van der Waals surface area contributed by atoms with Crippen LogP contribution < -0.4 is 25.6 Å². The average Bonchev–Trinajstić information content (AvgIpc) is 3.68. The molecule has 6 aromatic rings. The smallest absolute Gasteiger partial charge is 0.246 e. The van der Waals surface area contributed by atoms with Crippen LogP contribution in [0.4, 0.5) is 17.3 Å². The number of aromatic nitrogens is 4. The van der Waals surface area contributed by atoms with Crippen molar-refractivity contribution in [2.45, 2.75) is 90.6 Å². The third kappa shape index (κ3) is 17.4. The van der Waals surface area contributed by atoms with Crippen molar-refractivity contribution in [2.24, 2.45) is 5.41 Å². The number of H-pyrrole nitrogens is 1. The van der Waals surface area contributed by atoms with Gasteiger partial charge in [0.2, 0.25) is 29.6 Å². The Labute approximate surface area is 500 Å². The number of aliphatic hydroxyl groups excluding tert-OH is 1. The number of hydrogen-bond donors (Lipinski definition) is 5. The van der Waals surface area contributed by atoms with Gasteiger partial charge >= 0.3 is 0 Å². The fourth-order valence-electron chi connectivity index (χ4n) is 10.2. The number of aromatic amines is 1. The summed E-state index contributed by atoms with van der Waals surface area (Å²) in [6.07, 6.45) is 4.70. The van der Waals surface area contributed by atoms with Crippen LogP contribution in [0.15, 0.2) is 84.6 Å². The molecule has 5 heterocycles. The van der Waals surface area contributed by atoms with Gasteiger partial charge in [0.05, 0.1) is 124 Å². The van der Waals surface area contributed by atoms with E-state index in [1.807, 2.05) is 118 Å². The first-order valence-corrected chi connectivity index (χ1v) is 29.8. The Morgan fingerprint density at radius 1 is 0.869 bits per heavy atom. The predicted octanol–water partition coefficient (Wildman–Crippen LogP) is 7.56. The number of anilines is 3. The molecule has 8 rings (SSSR count). The second kappa shape index (κ2) is 30.9. The summed E-state index contributed by atoms with van der Waals surface area (Å²) >= 11 is 8.14. The van der Waals surface area contributed by atoms with Crippen molar-refractivity contribution in [2.75, 3.05) is 110 Å². The van der Waals surface area contributed by atoms with Gasteiger partial charge in [0, 0.05) is 86.5 Å². The Hall–Kier alpha value is -6.76. The first-order chi connectivity index (χ1) is 40.6. The number of para-hydroxylation sites is 1. The number of aryl methyl sites for hydroxylation is 1. The number of amides is 4. The first kappa shape index (κ1) is 63.3. The van der Waals surface area contributed by atoms with Gasteiger partial charge < -0.3 is 69.2 Å². The Morgan fingerprint density at radius 2 is 1.52 bits per heavy atom. The van der Waals surface area contributed by atoms with Crippen molar-refractivity contribution in [1.29, 1.82) is 0 Å². The number of aliphatic hydroxyl groups is 1. The van der Waals surface area contributed by atoms with Gasteiger partial charge in [0.15, 0.2) is 0 Å². The number of β-amino-alcohol motifs (C(OH)–C–C–N with tert-alkyl or cyclic N) is 1. The Morgan fingerprint density at radius 3 is 2.17 bits per heavy atom. The summed E-state index contributed by atoms with van der Waals surface area (Å²) in [5.74, 6) is -0.0709. The summed E-state index contributed by atoms with van der Waals surface area (Å²) < 4.78 is 33.9. The van der Waals surface area contributed by atoms with E-state index in [2.05, 4.69) is 35.8 Å². The summed E-state index contributed by atoms with van der Waals surface area (Å²) in [6, 6.07) is 20.2. The lowest BCUT2D eigenvalue weighted by Gasteiger charge is -2.38. The lowest BCUT2D eigenvalue weighted by atomic mass is 9.85. The van der Waals surface area contributed by atoms with Crippen LogP contribution in [-0.4, -0.2) is 183 Å². The number of methoxy groups -OCH3 is 1. The third-order valence-electron chi connectivity index (χ3n) is 14.9. The molecule has 23 heteroatoms. The van der Waals surface area contributed by atoms with Crippen molar-refractivity contribution in [3.63, 3.8) is 0 Å². The largest absolute Gasteiger partial charge is 0.494 e. The molecular formula is C61H79ClN10O11S. The SMILES string of the molecule is COc1cc(N2CCC(N(C)C(=O)CCOCCOCCOCCOCCOCCC(=O)NC(C(=O)N3C[C@H](O)C[C@H]3C(=O)NCc3ccc(-c4scnc4C)cc3)C(C)(C)C)CC2)ccc1Nc1ncc(Cl)c(-c2c[nH]c3ccccc23)n1. The minimum Gasteiger partial charge on any atom is -0.494 e. The maximum atomic E-state index is 14.0. The first-order valence-electron chi connectivity index (χ1n) is 28.6. The number of carbonyl (C=O) groups is 4. The predicted molar refractivity (Wildman–Crippen MR) is 324 cm³/mol. The monoisotopic (exact) mass is 1190 g/mol.